The maximum Gasteiger partial charge on any atom is 0.236 e. The summed E-state index contributed by atoms with van der Waals surface area (Å²) in [6, 6.07) is 11.8. The number of guanidine groups is 1. The van der Waals surface area contributed by atoms with Gasteiger partial charge in [-0.25, -0.2) is 4.98 Å². The van der Waals surface area contributed by atoms with E-state index >= 15 is 0 Å². The molecule has 0 fully saturated rings. The van der Waals surface area contributed by atoms with Crippen LogP contribution in [0.1, 0.15) is 11.3 Å². The molecule has 0 radical (unpaired) electrons. The lowest BCUT2D eigenvalue weighted by atomic mass is 10.1. The predicted octanol–water partition coefficient (Wildman–Crippen LogP) is 4.58. The number of oxazole rings is 1. The van der Waals surface area contributed by atoms with Gasteiger partial charge in [-0.1, -0.05) is 35.9 Å². The second kappa shape index (κ2) is 10.5. The first-order valence-electron chi connectivity index (χ1n) is 7.92. The monoisotopic (exact) mass is 502 g/mol. The minimum absolute atomic E-state index is 0. The molecule has 8 heteroatoms. The van der Waals surface area contributed by atoms with Gasteiger partial charge in [0.25, 0.3) is 0 Å². The van der Waals surface area contributed by atoms with E-state index in [-0.39, 0.29) is 24.0 Å². The van der Waals surface area contributed by atoms with E-state index in [1.165, 1.54) is 0 Å². The van der Waals surface area contributed by atoms with Crippen molar-refractivity contribution in [1.29, 1.82) is 0 Å². The fourth-order valence-electron chi connectivity index (χ4n) is 2.31. The molecule has 3 aromatic rings. The van der Waals surface area contributed by atoms with Crippen molar-refractivity contribution in [2.45, 2.75) is 13.0 Å². The zero-order valence-electron chi connectivity index (χ0n) is 14.2. The van der Waals surface area contributed by atoms with Crippen molar-refractivity contribution in [3.05, 3.63) is 64.3 Å². The van der Waals surface area contributed by atoms with Crippen molar-refractivity contribution in [2.24, 2.45) is 4.99 Å². The summed E-state index contributed by atoms with van der Waals surface area (Å²) < 4.78 is 5.51. The van der Waals surface area contributed by atoms with Gasteiger partial charge in [-0.15, -0.1) is 35.3 Å². The van der Waals surface area contributed by atoms with Crippen LogP contribution in [0.4, 0.5) is 0 Å². The predicted molar refractivity (Wildman–Crippen MR) is 119 cm³/mol. The molecule has 2 heterocycles. The van der Waals surface area contributed by atoms with Gasteiger partial charge >= 0.3 is 0 Å². The zero-order chi connectivity index (χ0) is 17.5. The van der Waals surface area contributed by atoms with Crippen molar-refractivity contribution in [1.82, 2.24) is 15.6 Å². The van der Waals surface area contributed by atoms with E-state index in [4.69, 9.17) is 16.0 Å². The van der Waals surface area contributed by atoms with Gasteiger partial charge in [0.05, 0.1) is 17.1 Å². The normalized spacial score (nSPS) is 11.1. The average molecular weight is 503 g/mol. The fraction of sp³-hybridized carbons (Fsp3) is 0.222. The van der Waals surface area contributed by atoms with E-state index in [0.717, 1.165) is 34.1 Å². The molecular formula is C18H20ClIN4OS. The SMILES string of the molecule is CN=C(NCCc1ccccc1Cl)NCc1coc(-c2cccs2)n1.I. The van der Waals surface area contributed by atoms with E-state index in [2.05, 4.69) is 20.6 Å². The van der Waals surface area contributed by atoms with Crippen LogP contribution < -0.4 is 10.6 Å². The first-order chi connectivity index (χ1) is 12.3. The van der Waals surface area contributed by atoms with E-state index in [1.54, 1.807) is 24.6 Å². The highest BCUT2D eigenvalue weighted by Crippen LogP contribution is 2.23. The molecule has 0 aliphatic heterocycles. The van der Waals surface area contributed by atoms with Gasteiger partial charge in [-0.05, 0) is 29.5 Å². The number of aliphatic imine (C=N–C) groups is 1. The highest BCUT2D eigenvalue weighted by atomic mass is 127. The van der Waals surface area contributed by atoms with Crippen molar-refractivity contribution in [3.63, 3.8) is 0 Å². The summed E-state index contributed by atoms with van der Waals surface area (Å²) in [5.41, 5.74) is 1.95. The molecule has 0 atom stereocenters. The number of halogens is 2. The minimum atomic E-state index is 0. The average Bonchev–Trinajstić information content (AvgIpc) is 3.30. The first-order valence-corrected chi connectivity index (χ1v) is 9.18. The Morgan fingerprint density at radius 1 is 1.23 bits per heavy atom. The maximum atomic E-state index is 6.17. The van der Waals surface area contributed by atoms with Gasteiger partial charge in [0.1, 0.15) is 6.26 Å². The minimum Gasteiger partial charge on any atom is -0.443 e. The molecule has 0 unspecified atom stereocenters. The maximum absolute atomic E-state index is 6.17. The molecule has 1 aromatic carbocycles. The molecule has 0 saturated heterocycles. The molecule has 138 valence electrons. The van der Waals surface area contributed by atoms with Crippen LogP contribution in [0.2, 0.25) is 5.02 Å². The summed E-state index contributed by atoms with van der Waals surface area (Å²) in [4.78, 5) is 9.72. The van der Waals surface area contributed by atoms with Crippen molar-refractivity contribution >= 4 is 52.9 Å². The van der Waals surface area contributed by atoms with E-state index in [0.29, 0.717) is 18.4 Å². The van der Waals surface area contributed by atoms with E-state index in [9.17, 15) is 0 Å². The van der Waals surface area contributed by atoms with Gasteiger partial charge in [0, 0.05) is 18.6 Å². The molecule has 0 aliphatic rings. The van der Waals surface area contributed by atoms with Crippen LogP contribution in [0.5, 0.6) is 0 Å². The molecule has 3 rings (SSSR count). The fourth-order valence-corrected chi connectivity index (χ4v) is 3.20. The number of aromatic nitrogens is 1. The summed E-state index contributed by atoms with van der Waals surface area (Å²) in [7, 11) is 1.74. The Hall–Kier alpha value is -1.58. The topological polar surface area (TPSA) is 62.5 Å². The third kappa shape index (κ3) is 5.72. The van der Waals surface area contributed by atoms with Crippen molar-refractivity contribution in [2.75, 3.05) is 13.6 Å². The number of rotatable bonds is 6. The smallest absolute Gasteiger partial charge is 0.236 e. The Labute approximate surface area is 178 Å². The largest absolute Gasteiger partial charge is 0.443 e. The highest BCUT2D eigenvalue weighted by molar-refractivity contribution is 14.0. The van der Waals surface area contributed by atoms with Crippen LogP contribution in [0, 0.1) is 0 Å². The second-order valence-electron chi connectivity index (χ2n) is 5.32. The molecule has 0 bridgehead atoms. The number of nitrogens with one attached hydrogen (secondary N) is 2. The van der Waals surface area contributed by atoms with Gasteiger partial charge < -0.3 is 15.1 Å². The zero-order valence-corrected chi connectivity index (χ0v) is 18.1. The number of benzene rings is 1. The van der Waals surface area contributed by atoms with Crippen LogP contribution in [-0.2, 0) is 13.0 Å². The Morgan fingerprint density at radius 3 is 2.81 bits per heavy atom. The van der Waals surface area contributed by atoms with E-state index in [1.807, 2.05) is 41.8 Å². The van der Waals surface area contributed by atoms with Crippen molar-refractivity contribution in [3.8, 4) is 10.8 Å². The number of hydrogen-bond acceptors (Lipinski definition) is 4. The Morgan fingerprint density at radius 2 is 2.08 bits per heavy atom. The lowest BCUT2D eigenvalue weighted by Crippen LogP contribution is -2.37. The molecule has 0 aliphatic carbocycles. The quantitative estimate of drug-likeness (QED) is 0.294. The van der Waals surface area contributed by atoms with Crippen molar-refractivity contribution < 1.29 is 4.42 Å². The molecule has 5 nitrogen and oxygen atoms in total. The molecule has 0 saturated carbocycles. The van der Waals surface area contributed by atoms with Gasteiger partial charge in [-0.3, -0.25) is 4.99 Å². The second-order valence-corrected chi connectivity index (χ2v) is 6.67. The molecule has 26 heavy (non-hydrogen) atoms. The lowest BCUT2D eigenvalue weighted by molar-refractivity contribution is 0.573. The first kappa shape index (κ1) is 20.7. The summed E-state index contributed by atoms with van der Waals surface area (Å²) >= 11 is 7.77. The van der Waals surface area contributed by atoms with Crippen LogP contribution >= 0.6 is 46.9 Å². The molecule has 0 spiro atoms. The summed E-state index contributed by atoms with van der Waals surface area (Å²) in [6.07, 6.45) is 2.49. The van der Waals surface area contributed by atoms with Crippen LogP contribution in [-0.4, -0.2) is 24.5 Å². The van der Waals surface area contributed by atoms with Gasteiger partial charge in [-0.2, -0.15) is 0 Å². The van der Waals surface area contributed by atoms with E-state index < -0.39 is 0 Å². The number of thiophene rings is 1. The molecular weight excluding hydrogens is 483 g/mol. The summed E-state index contributed by atoms with van der Waals surface area (Å²) in [5.74, 6) is 1.36. The summed E-state index contributed by atoms with van der Waals surface area (Å²) in [5, 5.41) is 9.30. The Kier molecular flexibility index (Phi) is 8.40. The van der Waals surface area contributed by atoms with Crippen LogP contribution in [0.15, 0.2) is 57.5 Å². The summed E-state index contributed by atoms with van der Waals surface area (Å²) in [6.45, 7) is 1.28. The van der Waals surface area contributed by atoms with Gasteiger partial charge in [0.2, 0.25) is 5.89 Å². The Bertz CT molecular complexity index is 835. The molecule has 2 aromatic heterocycles. The van der Waals surface area contributed by atoms with Crippen LogP contribution in [0.25, 0.3) is 10.8 Å². The lowest BCUT2D eigenvalue weighted by Gasteiger charge is -2.11. The van der Waals surface area contributed by atoms with Gasteiger partial charge in [0.15, 0.2) is 5.96 Å². The molecule has 0 amide bonds. The highest BCUT2D eigenvalue weighted by Gasteiger charge is 2.08. The Balaban J connectivity index is 0.00000243. The third-order valence-corrected chi connectivity index (χ3v) is 4.82. The number of nitrogens with zero attached hydrogens (tertiary/aromatic N) is 2. The molecule has 2 N–H and O–H groups in total. The number of hydrogen-bond donors (Lipinski definition) is 2. The van der Waals surface area contributed by atoms with Crippen LogP contribution in [0.3, 0.4) is 0 Å². The standard InChI is InChI=1S/C18H19ClN4OS.HI/c1-20-18(21-9-8-13-5-2-3-6-15(13)19)22-11-14-12-24-17(23-14)16-7-4-10-25-16;/h2-7,10,12H,8-9,11H2,1H3,(H2,20,21,22);1H. The third-order valence-electron chi connectivity index (χ3n) is 3.59.